The average Bonchev–Trinajstić information content (AvgIpc) is 1.98. The van der Waals surface area contributed by atoms with Crippen LogP contribution in [-0.2, 0) is 0 Å². The van der Waals surface area contributed by atoms with Gasteiger partial charge in [0.15, 0.2) is 0 Å². The topological polar surface area (TPSA) is 40.5 Å². The van der Waals surface area contributed by atoms with Crippen molar-refractivity contribution in [3.05, 3.63) is 12.7 Å². The zero-order valence-corrected chi connectivity index (χ0v) is 9.88. The van der Waals surface area contributed by atoms with E-state index in [9.17, 15) is 10.2 Å². The summed E-state index contributed by atoms with van der Waals surface area (Å²) in [5, 5.41) is 19.8. The van der Waals surface area contributed by atoms with Gasteiger partial charge < -0.3 is 10.2 Å². The number of aliphatic hydroxyl groups is 2. The lowest BCUT2D eigenvalue weighted by Crippen LogP contribution is -2.36. The van der Waals surface area contributed by atoms with E-state index in [1.165, 1.54) is 0 Å². The first kappa shape index (κ1) is 13.7. The Balaban J connectivity index is 4.14. The lowest BCUT2D eigenvalue weighted by molar-refractivity contribution is -0.0379. The summed E-state index contributed by atoms with van der Waals surface area (Å²) in [5.74, 6) is 0. The van der Waals surface area contributed by atoms with Crippen LogP contribution in [-0.4, -0.2) is 21.9 Å². The quantitative estimate of drug-likeness (QED) is 0.669. The van der Waals surface area contributed by atoms with Gasteiger partial charge in [-0.1, -0.05) is 26.8 Å². The average molecular weight is 200 g/mol. The van der Waals surface area contributed by atoms with Crippen molar-refractivity contribution >= 4 is 0 Å². The molecule has 0 aromatic rings. The predicted molar refractivity (Wildman–Crippen MR) is 60.1 cm³/mol. The number of hydrogen-bond donors (Lipinski definition) is 2. The van der Waals surface area contributed by atoms with Gasteiger partial charge in [-0.15, -0.1) is 6.58 Å². The van der Waals surface area contributed by atoms with Gasteiger partial charge >= 0.3 is 0 Å². The van der Waals surface area contributed by atoms with Crippen LogP contribution in [0.2, 0.25) is 0 Å². The van der Waals surface area contributed by atoms with Gasteiger partial charge in [-0.25, -0.2) is 0 Å². The molecule has 0 aliphatic carbocycles. The minimum atomic E-state index is -0.791. The monoisotopic (exact) mass is 200 g/mol. The van der Waals surface area contributed by atoms with E-state index in [0.29, 0.717) is 12.8 Å². The van der Waals surface area contributed by atoms with E-state index in [1.807, 2.05) is 20.8 Å². The molecule has 0 aliphatic heterocycles. The fourth-order valence-corrected chi connectivity index (χ4v) is 1.24. The maximum absolute atomic E-state index is 9.97. The molecule has 2 nitrogen and oxygen atoms in total. The molecule has 0 saturated carbocycles. The molecule has 0 spiro atoms. The maximum atomic E-state index is 9.97. The minimum absolute atomic E-state index is 0.168. The van der Waals surface area contributed by atoms with Crippen LogP contribution in [0.4, 0.5) is 0 Å². The molecule has 0 radical (unpaired) electrons. The van der Waals surface area contributed by atoms with Crippen LogP contribution in [0.3, 0.4) is 0 Å². The van der Waals surface area contributed by atoms with Crippen LogP contribution in [0.5, 0.6) is 0 Å². The molecule has 0 rings (SSSR count). The second-order valence-electron chi connectivity index (χ2n) is 5.41. The van der Waals surface area contributed by atoms with Crippen LogP contribution in [0.1, 0.15) is 47.0 Å². The van der Waals surface area contributed by atoms with E-state index in [1.54, 1.807) is 13.0 Å². The highest BCUT2D eigenvalue weighted by atomic mass is 16.3. The number of aliphatic hydroxyl groups excluding tert-OH is 1. The Hall–Kier alpha value is -0.340. The molecule has 0 amide bonds. The fourth-order valence-electron chi connectivity index (χ4n) is 1.24. The molecular formula is C12H24O2. The summed E-state index contributed by atoms with van der Waals surface area (Å²) < 4.78 is 0. The second kappa shape index (κ2) is 4.94. The minimum Gasteiger partial charge on any atom is -0.392 e. The Morgan fingerprint density at radius 2 is 1.79 bits per heavy atom. The molecule has 0 aliphatic rings. The third-order valence-corrected chi connectivity index (χ3v) is 2.52. The van der Waals surface area contributed by atoms with Gasteiger partial charge in [0.05, 0.1) is 11.7 Å². The molecule has 0 aromatic heterocycles. The van der Waals surface area contributed by atoms with Gasteiger partial charge in [0.1, 0.15) is 0 Å². The Labute approximate surface area is 87.7 Å². The first-order valence-corrected chi connectivity index (χ1v) is 5.20. The molecule has 84 valence electrons. The lowest BCUT2D eigenvalue weighted by Gasteiger charge is -2.32. The Bertz CT molecular complexity index is 177. The SMILES string of the molecule is C=CCCC(C)(O)CC(O)C(C)(C)C. The summed E-state index contributed by atoms with van der Waals surface area (Å²) in [7, 11) is 0. The van der Waals surface area contributed by atoms with Gasteiger partial charge in [0, 0.05) is 6.42 Å². The second-order valence-corrected chi connectivity index (χ2v) is 5.41. The highest BCUT2D eigenvalue weighted by molar-refractivity contribution is 4.84. The van der Waals surface area contributed by atoms with Gasteiger partial charge in [0.2, 0.25) is 0 Å². The van der Waals surface area contributed by atoms with Crippen molar-refractivity contribution in [3.63, 3.8) is 0 Å². The molecular weight excluding hydrogens is 176 g/mol. The Kier molecular flexibility index (Phi) is 4.82. The van der Waals surface area contributed by atoms with Crippen LogP contribution in [0.25, 0.3) is 0 Å². The summed E-state index contributed by atoms with van der Waals surface area (Å²) >= 11 is 0. The first-order valence-electron chi connectivity index (χ1n) is 5.20. The molecule has 0 bridgehead atoms. The zero-order valence-electron chi connectivity index (χ0n) is 9.88. The fraction of sp³-hybridized carbons (Fsp3) is 0.833. The van der Waals surface area contributed by atoms with Gasteiger partial charge in [-0.2, -0.15) is 0 Å². The van der Waals surface area contributed by atoms with Crippen LogP contribution < -0.4 is 0 Å². The molecule has 2 N–H and O–H groups in total. The molecule has 0 aromatic carbocycles. The third-order valence-electron chi connectivity index (χ3n) is 2.52. The molecule has 2 unspecified atom stereocenters. The largest absolute Gasteiger partial charge is 0.392 e. The smallest absolute Gasteiger partial charge is 0.0647 e. The Morgan fingerprint density at radius 1 is 1.29 bits per heavy atom. The van der Waals surface area contributed by atoms with E-state index in [0.717, 1.165) is 6.42 Å². The summed E-state index contributed by atoms with van der Waals surface area (Å²) in [4.78, 5) is 0. The number of hydrogen-bond acceptors (Lipinski definition) is 2. The maximum Gasteiger partial charge on any atom is 0.0647 e. The van der Waals surface area contributed by atoms with Crippen LogP contribution in [0, 0.1) is 5.41 Å². The highest BCUT2D eigenvalue weighted by Crippen LogP contribution is 2.28. The summed E-state index contributed by atoms with van der Waals surface area (Å²) in [6.07, 6.45) is 3.18. The van der Waals surface area contributed by atoms with E-state index in [4.69, 9.17) is 0 Å². The zero-order chi connectivity index (χ0) is 11.4. The van der Waals surface area contributed by atoms with Crippen LogP contribution >= 0.6 is 0 Å². The first-order chi connectivity index (χ1) is 6.19. The predicted octanol–water partition coefficient (Wildman–Crippen LogP) is 2.50. The molecule has 0 heterocycles. The van der Waals surface area contributed by atoms with Crippen molar-refractivity contribution in [3.8, 4) is 0 Å². The molecule has 0 saturated heterocycles. The van der Waals surface area contributed by atoms with Gasteiger partial charge in [0.25, 0.3) is 0 Å². The highest BCUT2D eigenvalue weighted by Gasteiger charge is 2.30. The van der Waals surface area contributed by atoms with Crippen molar-refractivity contribution in [2.75, 3.05) is 0 Å². The van der Waals surface area contributed by atoms with E-state index < -0.39 is 11.7 Å². The van der Waals surface area contributed by atoms with Crippen molar-refractivity contribution in [1.29, 1.82) is 0 Å². The van der Waals surface area contributed by atoms with Crippen LogP contribution in [0.15, 0.2) is 12.7 Å². The van der Waals surface area contributed by atoms with E-state index in [-0.39, 0.29) is 5.41 Å². The van der Waals surface area contributed by atoms with Gasteiger partial charge in [-0.3, -0.25) is 0 Å². The van der Waals surface area contributed by atoms with Crippen molar-refractivity contribution in [2.24, 2.45) is 5.41 Å². The number of allylic oxidation sites excluding steroid dienone is 1. The normalized spacial score (nSPS) is 18.7. The van der Waals surface area contributed by atoms with Crippen molar-refractivity contribution < 1.29 is 10.2 Å². The number of rotatable bonds is 5. The molecule has 2 heteroatoms. The summed E-state index contributed by atoms with van der Waals surface area (Å²) in [6, 6.07) is 0. The van der Waals surface area contributed by atoms with Crippen molar-refractivity contribution in [2.45, 2.75) is 58.7 Å². The van der Waals surface area contributed by atoms with Gasteiger partial charge in [-0.05, 0) is 25.2 Å². The van der Waals surface area contributed by atoms with Crippen molar-refractivity contribution in [1.82, 2.24) is 0 Å². The molecule has 14 heavy (non-hydrogen) atoms. The standard InChI is InChI=1S/C12H24O2/c1-6-7-8-12(5,14)9-10(13)11(2,3)4/h6,10,13-14H,1,7-9H2,2-5H3. The Morgan fingerprint density at radius 3 is 2.14 bits per heavy atom. The summed E-state index contributed by atoms with van der Waals surface area (Å²) in [5.41, 5.74) is -0.959. The molecule has 2 atom stereocenters. The van der Waals surface area contributed by atoms with E-state index in [2.05, 4.69) is 6.58 Å². The lowest BCUT2D eigenvalue weighted by atomic mass is 9.81. The third kappa shape index (κ3) is 5.40. The van der Waals surface area contributed by atoms with E-state index >= 15 is 0 Å². The molecule has 0 fully saturated rings. The summed E-state index contributed by atoms with van der Waals surface area (Å²) in [6.45, 7) is 11.3.